The van der Waals surface area contributed by atoms with Gasteiger partial charge in [-0.05, 0) is 25.4 Å². The summed E-state index contributed by atoms with van der Waals surface area (Å²) in [7, 11) is -0.428. The summed E-state index contributed by atoms with van der Waals surface area (Å²) in [6, 6.07) is 7.78. The maximum absolute atomic E-state index is 12.8. The van der Waals surface area contributed by atoms with E-state index in [1.807, 2.05) is 0 Å². The van der Waals surface area contributed by atoms with Crippen LogP contribution in [0.25, 0.3) is 0 Å². The van der Waals surface area contributed by atoms with Crippen LogP contribution in [-0.4, -0.2) is 90.6 Å². The average molecular weight is 561 g/mol. The first-order chi connectivity index (χ1) is 18.9. The minimum atomic E-state index is -2.56. The van der Waals surface area contributed by atoms with Gasteiger partial charge in [0.1, 0.15) is 6.04 Å². The summed E-state index contributed by atoms with van der Waals surface area (Å²) in [5.74, 6) is -3.62. The third-order valence-corrected chi connectivity index (χ3v) is 5.87. The molecule has 1 rings (SSSR count). The van der Waals surface area contributed by atoms with Gasteiger partial charge < -0.3 is 36.8 Å². The van der Waals surface area contributed by atoms with Gasteiger partial charge in [0.2, 0.25) is 36.8 Å². The molecule has 0 bridgehead atoms. The number of amides is 5. The normalized spacial score (nSPS) is 11.5. The zero-order valence-electron chi connectivity index (χ0n) is 23.1. The van der Waals surface area contributed by atoms with Crippen molar-refractivity contribution in [2.24, 2.45) is 0 Å². The fourth-order valence-corrected chi connectivity index (χ4v) is 3.43. The molecular weight excluding hydrogens is 521 g/mol. The van der Waals surface area contributed by atoms with Crippen LogP contribution >= 0.6 is 0 Å². The Balaban J connectivity index is 2.55. The van der Waals surface area contributed by atoms with Crippen LogP contribution < -0.4 is 26.6 Å². The number of carbonyl (C=O) groups is 6. The van der Waals surface area contributed by atoms with Gasteiger partial charge in [0.25, 0.3) is 0 Å². The molecule has 0 radical (unpaired) electrons. The van der Waals surface area contributed by atoms with Gasteiger partial charge in [-0.2, -0.15) is 0 Å². The number of rotatable bonds is 19. The number of Topliss-reactive ketones (excluding diaryl/α,β-unsaturated/α-hetero) is 1. The number of nitrogens with one attached hydrogen (secondary N) is 5. The summed E-state index contributed by atoms with van der Waals surface area (Å²) >= 11 is 0. The smallest absolute Gasteiger partial charge is 0.243 e. The lowest BCUT2D eigenvalue weighted by molar-refractivity contribution is -0.154. The molecular formula is C26H40BN5O8. The molecule has 5 amide bonds. The molecule has 13 nitrogen and oxygen atoms in total. The van der Waals surface area contributed by atoms with E-state index in [1.54, 1.807) is 30.3 Å². The number of benzene rings is 1. The van der Waals surface area contributed by atoms with Crippen molar-refractivity contribution in [3.05, 3.63) is 35.9 Å². The summed E-state index contributed by atoms with van der Waals surface area (Å²) in [4.78, 5) is 72.3. The van der Waals surface area contributed by atoms with Crippen molar-refractivity contribution in [2.45, 2.75) is 64.1 Å². The molecule has 1 aromatic carbocycles. The van der Waals surface area contributed by atoms with Crippen LogP contribution in [0, 0.1) is 0 Å². The Labute approximate surface area is 234 Å². The molecule has 1 atom stereocenters. The molecule has 40 heavy (non-hydrogen) atoms. The number of aliphatic hydroxyl groups is 2. The molecule has 220 valence electrons. The van der Waals surface area contributed by atoms with Gasteiger partial charge in [0.05, 0.1) is 19.6 Å². The van der Waals surface area contributed by atoms with Crippen molar-refractivity contribution in [1.82, 2.24) is 26.6 Å². The van der Waals surface area contributed by atoms with Crippen LogP contribution in [0.3, 0.4) is 0 Å². The van der Waals surface area contributed by atoms with E-state index in [1.165, 1.54) is 0 Å². The second-order valence-corrected chi connectivity index (χ2v) is 9.36. The van der Waals surface area contributed by atoms with Crippen molar-refractivity contribution in [2.75, 3.05) is 26.1 Å². The SMILES string of the molecule is CCCCCCC(=O)NCC(=O)NCC(=O)NC(Cc1ccccc1)C(=O)NCC(=O)NCBC(O)(O)C(C)=O. The Kier molecular flexibility index (Phi) is 15.8. The molecule has 14 heteroatoms. The maximum atomic E-state index is 12.8. The number of hydrogen-bond donors (Lipinski definition) is 7. The Morgan fingerprint density at radius 2 is 1.40 bits per heavy atom. The molecule has 0 saturated heterocycles. The molecule has 0 aliphatic carbocycles. The van der Waals surface area contributed by atoms with E-state index >= 15 is 0 Å². The summed E-state index contributed by atoms with van der Waals surface area (Å²) < 4.78 is 0. The monoisotopic (exact) mass is 561 g/mol. The average Bonchev–Trinajstić information content (AvgIpc) is 2.91. The molecule has 0 fully saturated rings. The quantitative estimate of drug-likeness (QED) is 0.0558. The zero-order valence-corrected chi connectivity index (χ0v) is 23.1. The molecule has 7 N–H and O–H groups in total. The summed E-state index contributed by atoms with van der Waals surface area (Å²) in [5, 5.41) is 31.2. The van der Waals surface area contributed by atoms with E-state index < -0.39 is 61.5 Å². The molecule has 0 spiro atoms. The van der Waals surface area contributed by atoms with Gasteiger partial charge in [0, 0.05) is 12.8 Å². The van der Waals surface area contributed by atoms with E-state index in [9.17, 15) is 39.0 Å². The van der Waals surface area contributed by atoms with Gasteiger partial charge in [-0.15, -0.1) is 0 Å². The van der Waals surface area contributed by atoms with Gasteiger partial charge in [0.15, 0.2) is 11.5 Å². The molecule has 1 unspecified atom stereocenters. The van der Waals surface area contributed by atoms with Crippen LogP contribution in [0.5, 0.6) is 0 Å². The minimum Gasteiger partial charge on any atom is -0.367 e. The maximum Gasteiger partial charge on any atom is 0.243 e. The minimum absolute atomic E-state index is 0.109. The summed E-state index contributed by atoms with van der Waals surface area (Å²) in [5.41, 5.74) is -1.82. The second-order valence-electron chi connectivity index (χ2n) is 9.36. The number of unbranched alkanes of at least 4 members (excludes halogenated alkanes) is 3. The second kappa shape index (κ2) is 18.5. The fraction of sp³-hybridized carbons (Fsp3) is 0.538. The molecule has 0 saturated carbocycles. The molecule has 0 aliphatic rings. The highest BCUT2D eigenvalue weighted by molar-refractivity contribution is 6.46. The molecule has 0 aliphatic heterocycles. The molecule has 0 heterocycles. The van der Waals surface area contributed by atoms with Crippen LogP contribution in [-0.2, 0) is 35.2 Å². The fourth-order valence-electron chi connectivity index (χ4n) is 3.43. The van der Waals surface area contributed by atoms with E-state index in [0.717, 1.165) is 38.2 Å². The van der Waals surface area contributed by atoms with Crippen molar-refractivity contribution < 1.29 is 39.0 Å². The standard InChI is InChI=1S/C26H40BN5O8/c1-3-4-5-9-12-21(34)28-14-22(35)29-16-24(37)32-20(13-19-10-7-6-8-11-19)25(38)30-15-23(36)31-17-27-26(39,40)18(2)33/h6-8,10-11,20,27,39-40H,3-5,9,12-17H2,1-2H3,(H,28,34)(H,29,35)(H,30,38)(H,31,36)(H,32,37). The molecule has 1 aromatic rings. The van der Waals surface area contributed by atoms with Gasteiger partial charge in [-0.1, -0.05) is 56.5 Å². The first-order valence-electron chi connectivity index (χ1n) is 13.3. The Bertz CT molecular complexity index is 1010. The Morgan fingerprint density at radius 1 is 0.800 bits per heavy atom. The topological polar surface area (TPSA) is 203 Å². The van der Waals surface area contributed by atoms with Crippen LogP contribution in [0.4, 0.5) is 0 Å². The highest BCUT2D eigenvalue weighted by Crippen LogP contribution is 2.04. The lowest BCUT2D eigenvalue weighted by Crippen LogP contribution is -2.53. The van der Waals surface area contributed by atoms with E-state index in [4.69, 9.17) is 0 Å². The zero-order chi connectivity index (χ0) is 30.0. The highest BCUT2D eigenvalue weighted by Gasteiger charge is 2.30. The largest absolute Gasteiger partial charge is 0.367 e. The van der Waals surface area contributed by atoms with E-state index in [0.29, 0.717) is 6.42 Å². The lowest BCUT2D eigenvalue weighted by Gasteiger charge is -2.19. The van der Waals surface area contributed by atoms with E-state index in [-0.39, 0.29) is 25.3 Å². The predicted octanol–water partition coefficient (Wildman–Crippen LogP) is -2.23. The van der Waals surface area contributed by atoms with Crippen molar-refractivity contribution in [3.63, 3.8) is 0 Å². The number of carbonyl (C=O) groups excluding carboxylic acids is 6. The Morgan fingerprint density at radius 3 is 2.05 bits per heavy atom. The van der Waals surface area contributed by atoms with Gasteiger partial charge in [-0.25, -0.2) is 0 Å². The van der Waals surface area contributed by atoms with Gasteiger partial charge >= 0.3 is 0 Å². The third kappa shape index (κ3) is 15.0. The summed E-state index contributed by atoms with van der Waals surface area (Å²) in [6.07, 6.45) is 3.98. The first-order valence-corrected chi connectivity index (χ1v) is 13.3. The molecule has 0 aromatic heterocycles. The van der Waals surface area contributed by atoms with E-state index in [2.05, 4.69) is 33.5 Å². The highest BCUT2D eigenvalue weighted by atomic mass is 16.5. The Hall–Kier alpha value is -3.78. The van der Waals surface area contributed by atoms with Crippen LogP contribution in [0.2, 0.25) is 0 Å². The van der Waals surface area contributed by atoms with Crippen molar-refractivity contribution >= 4 is 42.6 Å². The number of hydrogen-bond acceptors (Lipinski definition) is 8. The van der Waals surface area contributed by atoms with Crippen LogP contribution in [0.15, 0.2) is 30.3 Å². The van der Waals surface area contributed by atoms with Crippen LogP contribution in [0.1, 0.15) is 51.5 Å². The third-order valence-electron chi connectivity index (χ3n) is 5.87. The van der Waals surface area contributed by atoms with Crippen molar-refractivity contribution in [1.29, 1.82) is 0 Å². The first kappa shape index (κ1) is 34.3. The number of ketones is 1. The van der Waals surface area contributed by atoms with Gasteiger partial charge in [-0.3, -0.25) is 28.8 Å². The summed E-state index contributed by atoms with van der Waals surface area (Å²) in [6.45, 7) is 1.91. The van der Waals surface area contributed by atoms with Crippen molar-refractivity contribution in [3.8, 4) is 0 Å². The predicted molar refractivity (Wildman–Crippen MR) is 148 cm³/mol. The lowest BCUT2D eigenvalue weighted by atomic mass is 9.66.